The second-order valence-electron chi connectivity index (χ2n) is 4.36. The molecule has 1 heterocycles. The number of aryl methyl sites for hydroxylation is 2. The molecule has 1 atom stereocenters. The van der Waals surface area contributed by atoms with Gasteiger partial charge in [0.1, 0.15) is 5.75 Å². The number of rotatable bonds is 5. The first-order valence-electron chi connectivity index (χ1n) is 5.97. The van der Waals surface area contributed by atoms with Crippen LogP contribution in [-0.2, 0) is 13.5 Å². The van der Waals surface area contributed by atoms with Gasteiger partial charge in [0.15, 0.2) is 5.82 Å². The molecular weight excluding hydrogens is 244 g/mol. The van der Waals surface area contributed by atoms with Gasteiger partial charge < -0.3 is 4.74 Å². The van der Waals surface area contributed by atoms with Gasteiger partial charge in [-0.25, -0.2) is 0 Å². The van der Waals surface area contributed by atoms with Gasteiger partial charge in [0.2, 0.25) is 0 Å². The van der Waals surface area contributed by atoms with Crippen LogP contribution in [0.2, 0.25) is 0 Å². The zero-order valence-electron chi connectivity index (χ0n) is 11.3. The number of aromatic nitrogens is 4. The number of nitrogens with one attached hydrogen (secondary N) is 1. The lowest BCUT2D eigenvalue weighted by Gasteiger charge is -2.18. The average Bonchev–Trinajstić information content (AvgIpc) is 2.81. The molecule has 1 unspecified atom stereocenters. The molecule has 0 spiro atoms. The SMILES string of the molecule is COc1cc(C)ccc1C(Cc1nnn(C)n1)NN. The first-order chi connectivity index (χ1) is 9.13. The zero-order chi connectivity index (χ0) is 13.8. The molecule has 2 aromatic rings. The number of tetrazole rings is 1. The molecule has 0 saturated heterocycles. The van der Waals surface area contributed by atoms with E-state index >= 15 is 0 Å². The summed E-state index contributed by atoms with van der Waals surface area (Å²) in [6.45, 7) is 2.02. The van der Waals surface area contributed by atoms with E-state index in [1.807, 2.05) is 25.1 Å². The van der Waals surface area contributed by atoms with Gasteiger partial charge in [0.25, 0.3) is 0 Å². The van der Waals surface area contributed by atoms with Crippen molar-refractivity contribution in [3.8, 4) is 5.75 Å². The molecule has 0 amide bonds. The second-order valence-corrected chi connectivity index (χ2v) is 4.36. The van der Waals surface area contributed by atoms with E-state index in [4.69, 9.17) is 10.6 Å². The summed E-state index contributed by atoms with van der Waals surface area (Å²) in [6.07, 6.45) is 0.545. The maximum Gasteiger partial charge on any atom is 0.176 e. The Morgan fingerprint density at radius 3 is 2.84 bits per heavy atom. The standard InChI is InChI=1S/C12H18N6O/c1-8-4-5-9(11(6-8)19-3)10(14-13)7-12-15-17-18(2)16-12/h4-6,10,14H,7,13H2,1-3H3. The highest BCUT2D eigenvalue weighted by Gasteiger charge is 2.17. The number of hydrazine groups is 1. The quantitative estimate of drug-likeness (QED) is 0.594. The first kappa shape index (κ1) is 13.4. The van der Waals surface area contributed by atoms with E-state index in [2.05, 4.69) is 20.8 Å². The lowest BCUT2D eigenvalue weighted by atomic mass is 10.0. The summed E-state index contributed by atoms with van der Waals surface area (Å²) in [7, 11) is 3.38. The van der Waals surface area contributed by atoms with Gasteiger partial charge in [-0.1, -0.05) is 12.1 Å². The Morgan fingerprint density at radius 2 is 2.26 bits per heavy atom. The number of hydrogen-bond acceptors (Lipinski definition) is 6. The number of methoxy groups -OCH3 is 1. The summed E-state index contributed by atoms with van der Waals surface area (Å²) >= 11 is 0. The van der Waals surface area contributed by atoms with E-state index in [1.54, 1.807) is 14.2 Å². The largest absolute Gasteiger partial charge is 0.496 e. The minimum absolute atomic E-state index is 0.125. The fraction of sp³-hybridized carbons (Fsp3) is 0.417. The van der Waals surface area contributed by atoms with Crippen molar-refractivity contribution in [3.05, 3.63) is 35.2 Å². The van der Waals surface area contributed by atoms with Crippen LogP contribution in [0.5, 0.6) is 5.75 Å². The molecule has 102 valence electrons. The van der Waals surface area contributed by atoms with E-state index in [0.717, 1.165) is 16.9 Å². The summed E-state index contributed by atoms with van der Waals surface area (Å²) in [5, 5.41) is 11.9. The molecule has 7 nitrogen and oxygen atoms in total. The molecule has 2 rings (SSSR count). The van der Waals surface area contributed by atoms with E-state index in [-0.39, 0.29) is 6.04 Å². The van der Waals surface area contributed by atoms with Crippen molar-refractivity contribution in [2.24, 2.45) is 12.9 Å². The van der Waals surface area contributed by atoms with Crippen LogP contribution in [0.4, 0.5) is 0 Å². The van der Waals surface area contributed by atoms with Crippen molar-refractivity contribution >= 4 is 0 Å². The van der Waals surface area contributed by atoms with Crippen LogP contribution in [0, 0.1) is 6.92 Å². The topological polar surface area (TPSA) is 90.9 Å². The normalized spacial score (nSPS) is 12.4. The van der Waals surface area contributed by atoms with Crippen molar-refractivity contribution in [2.75, 3.05) is 7.11 Å². The third kappa shape index (κ3) is 3.07. The maximum atomic E-state index is 5.63. The van der Waals surface area contributed by atoms with Gasteiger partial charge in [-0.15, -0.1) is 10.2 Å². The summed E-state index contributed by atoms with van der Waals surface area (Å²) < 4.78 is 5.39. The summed E-state index contributed by atoms with van der Waals surface area (Å²) in [4.78, 5) is 1.43. The number of nitrogens with zero attached hydrogens (tertiary/aromatic N) is 4. The number of nitrogens with two attached hydrogens (primary N) is 1. The Bertz CT molecular complexity index is 553. The Hall–Kier alpha value is -1.99. The number of ether oxygens (including phenoxy) is 1. The monoisotopic (exact) mass is 262 g/mol. The second kappa shape index (κ2) is 5.77. The predicted octanol–water partition coefficient (Wildman–Crippen LogP) is 0.274. The van der Waals surface area contributed by atoms with E-state index in [9.17, 15) is 0 Å². The van der Waals surface area contributed by atoms with Crippen molar-refractivity contribution in [2.45, 2.75) is 19.4 Å². The van der Waals surface area contributed by atoms with Gasteiger partial charge in [0.05, 0.1) is 20.2 Å². The third-order valence-corrected chi connectivity index (χ3v) is 2.90. The predicted molar refractivity (Wildman–Crippen MR) is 70.3 cm³/mol. The molecule has 0 radical (unpaired) electrons. The highest BCUT2D eigenvalue weighted by atomic mass is 16.5. The van der Waals surface area contributed by atoms with Gasteiger partial charge in [-0.2, -0.15) is 4.80 Å². The summed E-state index contributed by atoms with van der Waals surface area (Å²) in [5.74, 6) is 7.06. The van der Waals surface area contributed by atoms with Crippen LogP contribution in [-0.4, -0.2) is 27.3 Å². The average molecular weight is 262 g/mol. The van der Waals surface area contributed by atoms with Crippen LogP contribution in [0.3, 0.4) is 0 Å². The number of hydrogen-bond donors (Lipinski definition) is 2. The van der Waals surface area contributed by atoms with E-state index < -0.39 is 0 Å². The Kier molecular flexibility index (Phi) is 4.08. The highest BCUT2D eigenvalue weighted by molar-refractivity contribution is 5.39. The summed E-state index contributed by atoms with van der Waals surface area (Å²) in [5.41, 5.74) is 4.88. The summed E-state index contributed by atoms with van der Waals surface area (Å²) in [6, 6.07) is 5.87. The van der Waals surface area contributed by atoms with Crippen molar-refractivity contribution in [1.29, 1.82) is 0 Å². The molecule has 1 aromatic heterocycles. The molecule has 0 saturated carbocycles. The Morgan fingerprint density at radius 1 is 1.47 bits per heavy atom. The molecule has 1 aromatic carbocycles. The lowest BCUT2D eigenvalue weighted by molar-refractivity contribution is 0.398. The molecule has 7 heteroatoms. The van der Waals surface area contributed by atoms with E-state index in [1.165, 1.54) is 4.80 Å². The molecule has 3 N–H and O–H groups in total. The van der Waals surface area contributed by atoms with Crippen LogP contribution < -0.4 is 16.0 Å². The molecular formula is C12H18N6O. The molecule has 0 aliphatic carbocycles. The van der Waals surface area contributed by atoms with Crippen LogP contribution in [0.15, 0.2) is 18.2 Å². The van der Waals surface area contributed by atoms with Gasteiger partial charge in [0, 0.05) is 12.0 Å². The minimum Gasteiger partial charge on any atom is -0.496 e. The third-order valence-electron chi connectivity index (χ3n) is 2.90. The van der Waals surface area contributed by atoms with Crippen molar-refractivity contribution < 1.29 is 4.74 Å². The smallest absolute Gasteiger partial charge is 0.176 e. The highest BCUT2D eigenvalue weighted by Crippen LogP contribution is 2.27. The zero-order valence-corrected chi connectivity index (χ0v) is 11.3. The number of benzene rings is 1. The van der Waals surface area contributed by atoms with Gasteiger partial charge >= 0.3 is 0 Å². The Balaban J connectivity index is 2.26. The first-order valence-corrected chi connectivity index (χ1v) is 5.97. The van der Waals surface area contributed by atoms with Crippen molar-refractivity contribution in [1.82, 2.24) is 25.6 Å². The van der Waals surface area contributed by atoms with Gasteiger partial charge in [-0.3, -0.25) is 11.3 Å². The Labute approximate surface area is 111 Å². The molecule has 0 fully saturated rings. The van der Waals surface area contributed by atoms with Crippen LogP contribution in [0.1, 0.15) is 23.0 Å². The van der Waals surface area contributed by atoms with Crippen molar-refractivity contribution in [3.63, 3.8) is 0 Å². The fourth-order valence-corrected chi connectivity index (χ4v) is 1.95. The van der Waals surface area contributed by atoms with E-state index in [0.29, 0.717) is 12.2 Å². The van der Waals surface area contributed by atoms with Crippen LogP contribution in [0.25, 0.3) is 0 Å². The fourth-order valence-electron chi connectivity index (χ4n) is 1.95. The minimum atomic E-state index is -0.125. The van der Waals surface area contributed by atoms with Crippen LogP contribution >= 0.6 is 0 Å². The molecule has 0 aliphatic rings. The molecule has 19 heavy (non-hydrogen) atoms. The molecule has 0 bridgehead atoms. The maximum absolute atomic E-state index is 5.63. The van der Waals surface area contributed by atoms with Gasteiger partial charge in [-0.05, 0) is 23.8 Å². The molecule has 0 aliphatic heterocycles. The lowest BCUT2D eigenvalue weighted by Crippen LogP contribution is -2.30.